The van der Waals surface area contributed by atoms with E-state index >= 15 is 0 Å². The molecule has 2 aliphatic heterocycles. The van der Waals surface area contributed by atoms with Crippen LogP contribution in [0.4, 0.5) is 0 Å². The minimum atomic E-state index is -0.148. The summed E-state index contributed by atoms with van der Waals surface area (Å²) >= 11 is 0. The van der Waals surface area contributed by atoms with Gasteiger partial charge in [0, 0.05) is 38.6 Å². The highest BCUT2D eigenvalue weighted by atomic mass is 16.2. The summed E-state index contributed by atoms with van der Waals surface area (Å²) in [5.41, 5.74) is 0.416. The highest BCUT2D eigenvalue weighted by molar-refractivity contribution is 5.76. The summed E-state index contributed by atoms with van der Waals surface area (Å²) in [5, 5.41) is 7.72. The van der Waals surface area contributed by atoms with Gasteiger partial charge in [-0.2, -0.15) is 5.10 Å². The minimum absolute atomic E-state index is 0.00982. The average Bonchev–Trinajstić information content (AvgIpc) is 3.19. The second kappa shape index (κ2) is 6.59. The predicted octanol–water partition coefficient (Wildman–Crippen LogP) is 0.263. The van der Waals surface area contributed by atoms with Crippen LogP contribution in [0.25, 0.3) is 11.0 Å². The fourth-order valence-electron chi connectivity index (χ4n) is 4.14. The van der Waals surface area contributed by atoms with Gasteiger partial charge in [-0.3, -0.25) is 23.7 Å². The largest absolute Gasteiger partial charge is 0.352 e. The van der Waals surface area contributed by atoms with Crippen LogP contribution in [0.15, 0.2) is 17.3 Å². The lowest BCUT2D eigenvalue weighted by molar-refractivity contribution is -0.122. The highest BCUT2D eigenvalue weighted by Gasteiger charge is 2.36. The smallest absolute Gasteiger partial charge is 0.264 e. The van der Waals surface area contributed by atoms with Crippen molar-refractivity contribution in [2.75, 3.05) is 13.1 Å². The summed E-state index contributed by atoms with van der Waals surface area (Å²) in [4.78, 5) is 31.5. The molecule has 0 aliphatic carbocycles. The van der Waals surface area contributed by atoms with Crippen LogP contribution in [0, 0.1) is 0 Å². The van der Waals surface area contributed by atoms with Gasteiger partial charge in [-0.1, -0.05) is 6.42 Å². The molecule has 0 unspecified atom stereocenters. The molecule has 134 valence electrons. The topological polar surface area (TPSA) is 85.0 Å². The van der Waals surface area contributed by atoms with Crippen molar-refractivity contribution in [3.05, 3.63) is 22.9 Å². The molecule has 8 heteroatoms. The van der Waals surface area contributed by atoms with Crippen LogP contribution in [0.2, 0.25) is 0 Å². The number of carbonyl (C=O) groups is 1. The van der Waals surface area contributed by atoms with Crippen molar-refractivity contribution < 1.29 is 4.79 Å². The number of nitrogens with zero attached hydrogens (tertiary/aromatic N) is 5. The van der Waals surface area contributed by atoms with Gasteiger partial charge in [0.05, 0.1) is 12.5 Å². The van der Waals surface area contributed by atoms with E-state index in [0.29, 0.717) is 23.6 Å². The molecule has 8 nitrogen and oxygen atoms in total. The Morgan fingerprint density at radius 3 is 3.08 bits per heavy atom. The Labute approximate surface area is 145 Å². The molecule has 2 aromatic rings. The number of aryl methyl sites for hydroxylation is 2. The molecular weight excluding hydrogens is 320 g/mol. The van der Waals surface area contributed by atoms with Crippen molar-refractivity contribution in [3.63, 3.8) is 0 Å². The van der Waals surface area contributed by atoms with E-state index in [2.05, 4.69) is 20.3 Å². The number of fused-ring (bicyclic) bond motifs is 2. The molecule has 1 N–H and O–H groups in total. The van der Waals surface area contributed by atoms with Gasteiger partial charge in [-0.05, 0) is 25.8 Å². The SMILES string of the molecule is Cn1ncc2c(=O)n(CCC(=O)N[C@@H]3CCN4CCCC[C@H]34)cnc21. The van der Waals surface area contributed by atoms with E-state index in [0.717, 1.165) is 19.5 Å². The molecule has 2 atom stereocenters. The van der Waals surface area contributed by atoms with Crippen molar-refractivity contribution in [1.29, 1.82) is 0 Å². The van der Waals surface area contributed by atoms with Crippen molar-refractivity contribution in [3.8, 4) is 0 Å². The van der Waals surface area contributed by atoms with Gasteiger partial charge in [0.1, 0.15) is 5.39 Å². The summed E-state index contributed by atoms with van der Waals surface area (Å²) in [6.07, 6.45) is 8.03. The van der Waals surface area contributed by atoms with E-state index in [-0.39, 0.29) is 23.9 Å². The first-order chi connectivity index (χ1) is 12.1. The molecule has 2 saturated heterocycles. The summed E-state index contributed by atoms with van der Waals surface area (Å²) < 4.78 is 3.06. The lowest BCUT2D eigenvalue weighted by atomic mass is 9.99. The summed E-state index contributed by atoms with van der Waals surface area (Å²) in [6.45, 7) is 2.57. The number of hydrogen-bond donors (Lipinski definition) is 1. The lowest BCUT2D eigenvalue weighted by Crippen LogP contribution is -2.47. The molecule has 0 aromatic carbocycles. The zero-order valence-electron chi connectivity index (χ0n) is 14.5. The van der Waals surface area contributed by atoms with E-state index < -0.39 is 0 Å². The Morgan fingerprint density at radius 2 is 2.20 bits per heavy atom. The number of carbonyl (C=O) groups excluding carboxylic acids is 1. The van der Waals surface area contributed by atoms with Crippen molar-refractivity contribution in [2.45, 2.75) is 50.7 Å². The van der Waals surface area contributed by atoms with Gasteiger partial charge in [0.25, 0.3) is 5.56 Å². The zero-order valence-corrected chi connectivity index (χ0v) is 14.5. The molecular formula is C17H24N6O2. The number of piperidine rings is 1. The van der Waals surface area contributed by atoms with Crippen molar-refractivity contribution >= 4 is 16.9 Å². The normalized spacial score (nSPS) is 23.7. The molecule has 2 fully saturated rings. The van der Waals surface area contributed by atoms with Crippen LogP contribution in [-0.2, 0) is 18.4 Å². The van der Waals surface area contributed by atoms with Crippen LogP contribution in [0.3, 0.4) is 0 Å². The molecule has 4 heterocycles. The van der Waals surface area contributed by atoms with Gasteiger partial charge in [-0.25, -0.2) is 4.98 Å². The Kier molecular flexibility index (Phi) is 4.29. The summed E-state index contributed by atoms with van der Waals surface area (Å²) in [5.74, 6) is 0.00982. The third kappa shape index (κ3) is 3.06. The summed E-state index contributed by atoms with van der Waals surface area (Å²) in [6, 6.07) is 0.747. The van der Waals surface area contributed by atoms with E-state index in [4.69, 9.17) is 0 Å². The van der Waals surface area contributed by atoms with Crippen LogP contribution in [0.1, 0.15) is 32.1 Å². The van der Waals surface area contributed by atoms with Gasteiger partial charge in [0.15, 0.2) is 5.65 Å². The molecule has 2 aliphatic rings. The fourth-order valence-corrected chi connectivity index (χ4v) is 4.14. The number of amides is 1. The lowest BCUT2D eigenvalue weighted by Gasteiger charge is -2.32. The summed E-state index contributed by atoms with van der Waals surface area (Å²) in [7, 11) is 1.75. The maximum atomic E-state index is 12.4. The zero-order chi connectivity index (χ0) is 17.4. The number of aromatic nitrogens is 4. The standard InChI is InChI=1S/C17H24N6O2/c1-21-16-12(10-19-21)17(25)23(11-18-16)9-6-15(24)20-13-5-8-22-7-3-2-4-14(13)22/h10-11,13-14H,2-9H2,1H3,(H,20,24)/t13-,14-/m1/s1. The molecule has 25 heavy (non-hydrogen) atoms. The van der Waals surface area contributed by atoms with Gasteiger partial charge >= 0.3 is 0 Å². The van der Waals surface area contributed by atoms with Crippen molar-refractivity contribution in [2.24, 2.45) is 7.05 Å². The molecule has 0 radical (unpaired) electrons. The fraction of sp³-hybridized carbons (Fsp3) is 0.647. The molecule has 1 amide bonds. The van der Waals surface area contributed by atoms with E-state index in [1.54, 1.807) is 11.7 Å². The van der Waals surface area contributed by atoms with E-state index in [9.17, 15) is 9.59 Å². The Balaban J connectivity index is 1.37. The minimum Gasteiger partial charge on any atom is -0.352 e. The van der Waals surface area contributed by atoms with E-state index in [1.807, 2.05) is 0 Å². The maximum absolute atomic E-state index is 12.4. The maximum Gasteiger partial charge on any atom is 0.264 e. The van der Waals surface area contributed by atoms with Gasteiger partial charge in [-0.15, -0.1) is 0 Å². The average molecular weight is 344 g/mol. The molecule has 2 aromatic heterocycles. The highest BCUT2D eigenvalue weighted by Crippen LogP contribution is 2.27. The third-order valence-corrected chi connectivity index (χ3v) is 5.50. The molecule has 4 rings (SSSR count). The number of hydrogen-bond acceptors (Lipinski definition) is 5. The van der Waals surface area contributed by atoms with Gasteiger partial charge < -0.3 is 5.32 Å². The molecule has 0 spiro atoms. The Bertz CT molecular complexity index is 841. The van der Waals surface area contributed by atoms with Crippen LogP contribution in [0.5, 0.6) is 0 Å². The Morgan fingerprint density at radius 1 is 1.32 bits per heavy atom. The second-order valence-electron chi connectivity index (χ2n) is 7.06. The van der Waals surface area contributed by atoms with Crippen LogP contribution < -0.4 is 10.9 Å². The van der Waals surface area contributed by atoms with Gasteiger partial charge in [0.2, 0.25) is 5.91 Å². The second-order valence-corrected chi connectivity index (χ2v) is 7.06. The number of nitrogens with one attached hydrogen (secondary N) is 1. The first-order valence-electron chi connectivity index (χ1n) is 9.04. The first kappa shape index (κ1) is 16.3. The molecule has 0 bridgehead atoms. The quantitative estimate of drug-likeness (QED) is 0.860. The first-order valence-corrected chi connectivity index (χ1v) is 9.04. The third-order valence-electron chi connectivity index (χ3n) is 5.50. The van der Waals surface area contributed by atoms with Crippen LogP contribution >= 0.6 is 0 Å². The molecule has 0 saturated carbocycles. The van der Waals surface area contributed by atoms with E-state index in [1.165, 1.54) is 36.4 Å². The predicted molar refractivity (Wildman–Crippen MR) is 93.1 cm³/mol. The monoisotopic (exact) mass is 344 g/mol. The Hall–Kier alpha value is -2.22. The van der Waals surface area contributed by atoms with Crippen molar-refractivity contribution in [1.82, 2.24) is 29.5 Å². The van der Waals surface area contributed by atoms with Crippen LogP contribution in [-0.4, -0.2) is 55.3 Å². The number of rotatable bonds is 4.